The lowest BCUT2D eigenvalue weighted by Gasteiger charge is -2.06. The van der Waals surface area contributed by atoms with Crippen molar-refractivity contribution in [3.63, 3.8) is 0 Å². The Kier molecular flexibility index (Phi) is 2.51. The van der Waals surface area contributed by atoms with Crippen LogP contribution >= 0.6 is 27.3 Å². The second-order valence-electron chi connectivity index (χ2n) is 4.02. The molecule has 0 aromatic carbocycles. The predicted octanol–water partition coefficient (Wildman–Crippen LogP) is 3.24. The van der Waals surface area contributed by atoms with Crippen LogP contribution in [0.2, 0.25) is 0 Å². The van der Waals surface area contributed by atoms with Crippen LogP contribution in [0.25, 0.3) is 0 Å². The molecular weight excluding hydrogens is 246 g/mol. The second kappa shape index (κ2) is 3.37. The molecule has 1 saturated carbocycles. The van der Waals surface area contributed by atoms with Gasteiger partial charge in [-0.1, -0.05) is 0 Å². The zero-order valence-electron chi connectivity index (χ0n) is 7.77. The largest absolute Gasteiger partial charge is 0.325 e. The Bertz CT molecular complexity index is 315. The van der Waals surface area contributed by atoms with Crippen molar-refractivity contribution in [3.8, 4) is 0 Å². The summed E-state index contributed by atoms with van der Waals surface area (Å²) in [4.78, 5) is 1.45. The van der Waals surface area contributed by atoms with Crippen molar-refractivity contribution in [1.82, 2.24) is 0 Å². The van der Waals surface area contributed by atoms with E-state index in [1.807, 2.05) is 11.3 Å². The standard InChI is InChI=1S/C10H14BrNS/c1-7-6-13-8(9(7)11)2-3-10(12)4-5-10/h6H,2-5,12H2,1H3. The van der Waals surface area contributed by atoms with E-state index in [9.17, 15) is 0 Å². The molecule has 0 amide bonds. The first-order valence-corrected chi connectivity index (χ1v) is 6.29. The lowest BCUT2D eigenvalue weighted by Crippen LogP contribution is -2.21. The van der Waals surface area contributed by atoms with Crippen molar-refractivity contribution in [1.29, 1.82) is 0 Å². The maximum absolute atomic E-state index is 6.04. The minimum absolute atomic E-state index is 0.192. The van der Waals surface area contributed by atoms with E-state index >= 15 is 0 Å². The number of thiophene rings is 1. The van der Waals surface area contributed by atoms with E-state index in [2.05, 4.69) is 28.2 Å². The summed E-state index contributed by atoms with van der Waals surface area (Å²) in [5.74, 6) is 0. The molecule has 1 nitrogen and oxygen atoms in total. The molecule has 0 aliphatic heterocycles. The summed E-state index contributed by atoms with van der Waals surface area (Å²) in [6.07, 6.45) is 4.71. The van der Waals surface area contributed by atoms with E-state index in [0.29, 0.717) is 0 Å². The maximum Gasteiger partial charge on any atom is 0.0343 e. The van der Waals surface area contributed by atoms with Crippen LogP contribution in [-0.2, 0) is 6.42 Å². The van der Waals surface area contributed by atoms with Crippen LogP contribution in [0.5, 0.6) is 0 Å². The number of rotatable bonds is 3. The summed E-state index contributed by atoms with van der Waals surface area (Å²) in [5, 5.41) is 2.20. The van der Waals surface area contributed by atoms with Gasteiger partial charge < -0.3 is 5.73 Å². The van der Waals surface area contributed by atoms with Crippen LogP contribution in [0.1, 0.15) is 29.7 Å². The minimum Gasteiger partial charge on any atom is -0.325 e. The Morgan fingerprint density at radius 1 is 1.62 bits per heavy atom. The van der Waals surface area contributed by atoms with Gasteiger partial charge in [0.05, 0.1) is 0 Å². The van der Waals surface area contributed by atoms with Crippen LogP contribution in [0.3, 0.4) is 0 Å². The van der Waals surface area contributed by atoms with Crippen molar-refractivity contribution in [2.24, 2.45) is 5.73 Å². The monoisotopic (exact) mass is 259 g/mol. The molecule has 2 rings (SSSR count). The SMILES string of the molecule is Cc1csc(CCC2(N)CC2)c1Br. The third-order valence-corrected chi connectivity index (χ3v) is 5.24. The van der Waals surface area contributed by atoms with Gasteiger partial charge in [0.25, 0.3) is 0 Å². The van der Waals surface area contributed by atoms with E-state index in [-0.39, 0.29) is 5.54 Å². The Morgan fingerprint density at radius 2 is 2.31 bits per heavy atom. The number of aryl methyl sites for hydroxylation is 2. The molecule has 0 bridgehead atoms. The molecule has 1 aromatic rings. The van der Waals surface area contributed by atoms with Gasteiger partial charge in [-0.3, -0.25) is 0 Å². The molecule has 0 spiro atoms. The van der Waals surface area contributed by atoms with E-state index in [4.69, 9.17) is 5.73 Å². The second-order valence-corrected chi connectivity index (χ2v) is 5.78. The van der Waals surface area contributed by atoms with Gasteiger partial charge >= 0.3 is 0 Å². The van der Waals surface area contributed by atoms with Crippen molar-refractivity contribution in [3.05, 3.63) is 20.3 Å². The van der Waals surface area contributed by atoms with Gasteiger partial charge in [-0.05, 0) is 59.5 Å². The quantitative estimate of drug-likeness (QED) is 0.887. The first-order chi connectivity index (χ1) is 6.11. The van der Waals surface area contributed by atoms with Gasteiger partial charge in [-0.2, -0.15) is 0 Å². The average Bonchev–Trinajstić information content (AvgIpc) is 2.75. The molecule has 72 valence electrons. The summed E-state index contributed by atoms with van der Waals surface area (Å²) in [6, 6.07) is 0. The molecule has 0 atom stereocenters. The van der Waals surface area contributed by atoms with Gasteiger partial charge in [0.1, 0.15) is 0 Å². The van der Waals surface area contributed by atoms with Gasteiger partial charge in [-0.25, -0.2) is 0 Å². The van der Waals surface area contributed by atoms with E-state index < -0.39 is 0 Å². The molecule has 1 aliphatic carbocycles. The zero-order chi connectivity index (χ0) is 9.47. The Labute approximate surface area is 91.5 Å². The predicted molar refractivity (Wildman–Crippen MR) is 61.2 cm³/mol. The van der Waals surface area contributed by atoms with Crippen molar-refractivity contribution >= 4 is 27.3 Å². The number of hydrogen-bond acceptors (Lipinski definition) is 2. The number of hydrogen-bond donors (Lipinski definition) is 1. The molecule has 1 heterocycles. The molecule has 13 heavy (non-hydrogen) atoms. The van der Waals surface area contributed by atoms with Crippen LogP contribution in [-0.4, -0.2) is 5.54 Å². The zero-order valence-corrected chi connectivity index (χ0v) is 10.2. The molecule has 0 radical (unpaired) electrons. The Hall–Kier alpha value is 0.140. The fraction of sp³-hybridized carbons (Fsp3) is 0.600. The first kappa shape index (κ1) is 9.69. The van der Waals surface area contributed by atoms with E-state index in [0.717, 1.165) is 12.8 Å². The highest BCUT2D eigenvalue weighted by atomic mass is 79.9. The lowest BCUT2D eigenvalue weighted by molar-refractivity contribution is 0.612. The number of nitrogens with two attached hydrogens (primary N) is 1. The molecule has 1 fully saturated rings. The lowest BCUT2D eigenvalue weighted by atomic mass is 10.1. The van der Waals surface area contributed by atoms with Gasteiger partial charge in [-0.15, -0.1) is 11.3 Å². The normalized spacial score (nSPS) is 19.0. The molecular formula is C10H14BrNS. The van der Waals surface area contributed by atoms with E-state index in [1.54, 1.807) is 0 Å². The summed E-state index contributed by atoms with van der Waals surface area (Å²) in [5.41, 5.74) is 7.58. The molecule has 1 aromatic heterocycles. The Morgan fingerprint density at radius 3 is 2.77 bits per heavy atom. The molecule has 1 aliphatic rings. The van der Waals surface area contributed by atoms with Crippen LogP contribution in [0.15, 0.2) is 9.85 Å². The third kappa shape index (κ3) is 2.14. The Balaban J connectivity index is 1.97. The molecule has 0 unspecified atom stereocenters. The third-order valence-electron chi connectivity index (χ3n) is 2.71. The summed E-state index contributed by atoms with van der Waals surface area (Å²) in [7, 11) is 0. The fourth-order valence-electron chi connectivity index (χ4n) is 1.42. The molecule has 2 N–H and O–H groups in total. The van der Waals surface area contributed by atoms with E-state index in [1.165, 1.54) is 27.8 Å². The highest BCUT2D eigenvalue weighted by molar-refractivity contribution is 9.10. The van der Waals surface area contributed by atoms with Crippen molar-refractivity contribution in [2.45, 2.75) is 38.1 Å². The smallest absolute Gasteiger partial charge is 0.0343 e. The van der Waals surface area contributed by atoms with Crippen LogP contribution in [0, 0.1) is 6.92 Å². The summed E-state index contributed by atoms with van der Waals surface area (Å²) in [6.45, 7) is 2.14. The minimum atomic E-state index is 0.192. The van der Waals surface area contributed by atoms with Gasteiger partial charge in [0.2, 0.25) is 0 Å². The average molecular weight is 260 g/mol. The first-order valence-electron chi connectivity index (χ1n) is 4.62. The highest BCUT2D eigenvalue weighted by Gasteiger charge is 2.37. The van der Waals surface area contributed by atoms with Gasteiger partial charge in [0.15, 0.2) is 0 Å². The number of halogens is 1. The van der Waals surface area contributed by atoms with Crippen molar-refractivity contribution < 1.29 is 0 Å². The summed E-state index contributed by atoms with van der Waals surface area (Å²) < 4.78 is 1.29. The fourth-order valence-corrected chi connectivity index (χ4v) is 3.09. The molecule has 3 heteroatoms. The van der Waals surface area contributed by atoms with Crippen LogP contribution < -0.4 is 5.73 Å². The van der Waals surface area contributed by atoms with Crippen molar-refractivity contribution in [2.75, 3.05) is 0 Å². The highest BCUT2D eigenvalue weighted by Crippen LogP contribution is 2.38. The topological polar surface area (TPSA) is 26.0 Å². The van der Waals surface area contributed by atoms with Gasteiger partial charge in [0, 0.05) is 14.9 Å². The van der Waals surface area contributed by atoms with Crippen LogP contribution in [0.4, 0.5) is 0 Å². The summed E-state index contributed by atoms with van der Waals surface area (Å²) >= 11 is 5.45. The molecule has 0 saturated heterocycles. The maximum atomic E-state index is 6.04.